The topological polar surface area (TPSA) is 96.3 Å². The van der Waals surface area contributed by atoms with Crippen molar-refractivity contribution >= 4 is 17.8 Å². The van der Waals surface area contributed by atoms with Crippen LogP contribution in [0.15, 0.2) is 48.5 Å². The Morgan fingerprint density at radius 2 is 1.35 bits per heavy atom. The molecule has 6 heteroatoms. The van der Waals surface area contributed by atoms with Gasteiger partial charge in [0.2, 0.25) is 11.8 Å². The molecular weight excluding hydrogens is 392 g/mol. The Morgan fingerprint density at radius 3 is 1.84 bits per heavy atom. The molecule has 4 rings (SSSR count). The van der Waals surface area contributed by atoms with Crippen molar-refractivity contribution < 1.29 is 19.1 Å². The van der Waals surface area contributed by atoms with Gasteiger partial charge in [-0.05, 0) is 61.6 Å². The molecule has 1 saturated carbocycles. The van der Waals surface area contributed by atoms with Crippen molar-refractivity contribution in [2.24, 2.45) is 16.2 Å². The van der Waals surface area contributed by atoms with Gasteiger partial charge in [0.1, 0.15) is 5.75 Å². The highest BCUT2D eigenvalue weighted by molar-refractivity contribution is 6.04. The molecule has 1 saturated heterocycles. The van der Waals surface area contributed by atoms with Crippen LogP contribution in [0.5, 0.6) is 5.75 Å². The first-order valence-electron chi connectivity index (χ1n) is 10.3. The molecule has 6 nitrogen and oxygen atoms in total. The van der Waals surface area contributed by atoms with E-state index in [0.717, 1.165) is 11.1 Å². The average Bonchev–Trinajstić information content (AvgIpc) is 2.72. The number of nitrogens with one attached hydrogen (secondary N) is 1. The van der Waals surface area contributed by atoms with Crippen LogP contribution in [0.4, 0.5) is 0 Å². The molecule has 2 bridgehead atoms. The Morgan fingerprint density at radius 1 is 0.871 bits per heavy atom. The van der Waals surface area contributed by atoms with Gasteiger partial charge in [0.25, 0.3) is 0 Å². The first-order chi connectivity index (χ1) is 14.6. The summed E-state index contributed by atoms with van der Waals surface area (Å²) in [4.78, 5) is 38.1. The number of carbonyl (C=O) groups is 3. The van der Waals surface area contributed by atoms with Gasteiger partial charge in [0.15, 0.2) is 0 Å². The highest BCUT2D eigenvalue weighted by Crippen LogP contribution is 2.56. The quantitative estimate of drug-likeness (QED) is 0.464. The number of hydrogen-bond acceptors (Lipinski definition) is 5. The number of benzene rings is 2. The number of hydrogen-bond donors (Lipinski definition) is 1. The van der Waals surface area contributed by atoms with Crippen LogP contribution in [0.1, 0.15) is 45.6 Å². The number of amides is 2. The van der Waals surface area contributed by atoms with Gasteiger partial charge < -0.3 is 4.74 Å². The van der Waals surface area contributed by atoms with Crippen LogP contribution < -0.4 is 10.1 Å². The summed E-state index contributed by atoms with van der Waals surface area (Å²) < 4.78 is 5.68. The zero-order valence-corrected chi connectivity index (χ0v) is 17.8. The van der Waals surface area contributed by atoms with Crippen LogP contribution >= 0.6 is 0 Å². The van der Waals surface area contributed by atoms with E-state index < -0.39 is 22.2 Å². The van der Waals surface area contributed by atoms with E-state index in [4.69, 9.17) is 10.00 Å². The lowest BCUT2D eigenvalue weighted by atomic mass is 9.52. The zero-order valence-electron chi connectivity index (χ0n) is 17.8. The lowest BCUT2D eigenvalue weighted by Gasteiger charge is -2.52. The third-order valence-electron chi connectivity index (χ3n) is 6.57. The van der Waals surface area contributed by atoms with Gasteiger partial charge in [-0.25, -0.2) is 0 Å². The maximum atomic E-state index is 13.1. The molecule has 2 amide bonds. The molecule has 31 heavy (non-hydrogen) atoms. The van der Waals surface area contributed by atoms with Crippen LogP contribution in [0.25, 0.3) is 11.1 Å². The highest BCUT2D eigenvalue weighted by Gasteiger charge is 2.61. The first-order valence-corrected chi connectivity index (χ1v) is 10.3. The van der Waals surface area contributed by atoms with Crippen molar-refractivity contribution in [3.63, 3.8) is 0 Å². The molecule has 0 aromatic heterocycles. The lowest BCUT2D eigenvalue weighted by Crippen LogP contribution is -2.63. The minimum Gasteiger partial charge on any atom is -0.426 e. The number of piperidine rings is 1. The molecule has 0 spiro atoms. The second-order valence-corrected chi connectivity index (χ2v) is 9.60. The summed E-state index contributed by atoms with van der Waals surface area (Å²) in [6, 6.07) is 16.5. The minimum atomic E-state index is -0.943. The SMILES string of the molecule is CC12CC(C)(CC(C)(C(=O)Oc3ccc(-c4ccc(C#N)cc4)cc3)C1)C(=O)NC2=O. The Balaban J connectivity index is 1.53. The summed E-state index contributed by atoms with van der Waals surface area (Å²) in [7, 11) is 0. The normalized spacial score (nSPS) is 29.6. The number of carbonyl (C=O) groups excluding carboxylic acids is 3. The Kier molecular flexibility index (Phi) is 4.73. The van der Waals surface area contributed by atoms with E-state index in [1.807, 2.05) is 38.1 Å². The Labute approximate surface area is 181 Å². The molecule has 2 atom stereocenters. The molecule has 0 radical (unpaired) electrons. The van der Waals surface area contributed by atoms with E-state index in [9.17, 15) is 14.4 Å². The highest BCUT2D eigenvalue weighted by atomic mass is 16.5. The fourth-order valence-corrected chi connectivity index (χ4v) is 5.32. The van der Waals surface area contributed by atoms with E-state index in [1.165, 1.54) is 0 Å². The van der Waals surface area contributed by atoms with E-state index in [-0.39, 0.29) is 11.8 Å². The number of ether oxygens (including phenoxy) is 1. The predicted molar refractivity (Wildman–Crippen MR) is 114 cm³/mol. The summed E-state index contributed by atoms with van der Waals surface area (Å²) in [6.45, 7) is 5.40. The Hall–Kier alpha value is -3.46. The number of nitriles is 1. The van der Waals surface area contributed by atoms with Crippen LogP contribution in [-0.2, 0) is 14.4 Å². The summed E-state index contributed by atoms with van der Waals surface area (Å²) in [5.41, 5.74) is -0.0305. The third-order valence-corrected chi connectivity index (χ3v) is 6.57. The summed E-state index contributed by atoms with van der Waals surface area (Å²) >= 11 is 0. The number of imide groups is 1. The van der Waals surface area contributed by atoms with Crippen molar-refractivity contribution in [3.05, 3.63) is 54.1 Å². The molecule has 1 aliphatic carbocycles. The van der Waals surface area contributed by atoms with Crippen LogP contribution in [-0.4, -0.2) is 17.8 Å². The monoisotopic (exact) mass is 416 g/mol. The molecule has 2 aromatic carbocycles. The number of nitrogens with zero attached hydrogens (tertiary/aromatic N) is 1. The van der Waals surface area contributed by atoms with E-state index >= 15 is 0 Å². The average molecular weight is 416 g/mol. The van der Waals surface area contributed by atoms with Gasteiger partial charge in [0.05, 0.1) is 17.0 Å². The predicted octanol–water partition coefficient (Wildman–Crippen LogP) is 3.99. The van der Waals surface area contributed by atoms with Gasteiger partial charge in [-0.15, -0.1) is 0 Å². The van der Waals surface area contributed by atoms with Gasteiger partial charge in [-0.2, -0.15) is 5.26 Å². The van der Waals surface area contributed by atoms with Gasteiger partial charge in [-0.1, -0.05) is 38.1 Å². The molecule has 158 valence electrons. The second-order valence-electron chi connectivity index (χ2n) is 9.60. The molecule has 2 fully saturated rings. The van der Waals surface area contributed by atoms with Crippen LogP contribution in [0, 0.1) is 27.6 Å². The molecule has 1 heterocycles. The van der Waals surface area contributed by atoms with Gasteiger partial charge >= 0.3 is 5.97 Å². The first kappa shape index (κ1) is 20.8. The smallest absolute Gasteiger partial charge is 0.317 e. The van der Waals surface area contributed by atoms with Gasteiger partial charge in [-0.3, -0.25) is 19.7 Å². The fourth-order valence-electron chi connectivity index (χ4n) is 5.32. The maximum Gasteiger partial charge on any atom is 0.317 e. The Bertz CT molecular complexity index is 1090. The third kappa shape index (κ3) is 3.61. The lowest BCUT2D eigenvalue weighted by molar-refractivity contribution is -0.169. The number of rotatable bonds is 3. The van der Waals surface area contributed by atoms with Crippen LogP contribution in [0.3, 0.4) is 0 Å². The largest absolute Gasteiger partial charge is 0.426 e. The van der Waals surface area contributed by atoms with Crippen molar-refractivity contribution in [1.82, 2.24) is 5.32 Å². The van der Waals surface area contributed by atoms with Crippen molar-refractivity contribution in [1.29, 1.82) is 5.26 Å². The summed E-state index contributed by atoms with van der Waals surface area (Å²) in [6.07, 6.45) is 1.10. The molecule has 1 N–H and O–H groups in total. The molecule has 2 unspecified atom stereocenters. The zero-order chi connectivity index (χ0) is 22.4. The molecule has 2 aromatic rings. The van der Waals surface area contributed by atoms with Gasteiger partial charge in [0, 0.05) is 10.8 Å². The second kappa shape index (κ2) is 7.05. The van der Waals surface area contributed by atoms with Crippen molar-refractivity contribution in [2.45, 2.75) is 40.0 Å². The van der Waals surface area contributed by atoms with Crippen molar-refractivity contribution in [3.8, 4) is 22.9 Å². The van der Waals surface area contributed by atoms with Crippen LogP contribution in [0.2, 0.25) is 0 Å². The molecule has 1 aliphatic heterocycles. The number of fused-ring (bicyclic) bond motifs is 2. The minimum absolute atomic E-state index is 0.319. The number of esters is 1. The standard InChI is InChI=1S/C25H24N2O4/c1-23-13-24(2,21(29)27-20(23)28)15-25(3,14-23)22(30)31-19-10-8-18(9-11-19)17-6-4-16(12-26)5-7-17/h4-11H,13-15H2,1-3H3,(H,27,28,29). The van der Waals surface area contributed by atoms with E-state index in [1.54, 1.807) is 31.2 Å². The summed E-state index contributed by atoms with van der Waals surface area (Å²) in [5.74, 6) is -0.662. The van der Waals surface area contributed by atoms with Crippen molar-refractivity contribution in [2.75, 3.05) is 0 Å². The van der Waals surface area contributed by atoms with E-state index in [2.05, 4.69) is 11.4 Å². The maximum absolute atomic E-state index is 13.1. The summed E-state index contributed by atoms with van der Waals surface area (Å²) in [5, 5.41) is 11.4. The van der Waals surface area contributed by atoms with E-state index in [0.29, 0.717) is 30.6 Å². The fraction of sp³-hybridized carbons (Fsp3) is 0.360. The molecular formula is C25H24N2O4. The molecule has 2 aliphatic rings.